The number of carbonyl (C=O) groups is 1. The second-order valence-corrected chi connectivity index (χ2v) is 15.3. The Hall–Kier alpha value is -4.89. The van der Waals surface area contributed by atoms with Crippen LogP contribution >= 0.6 is 0 Å². The summed E-state index contributed by atoms with van der Waals surface area (Å²) in [6, 6.07) is 30.8. The first-order valence-electron chi connectivity index (χ1n) is 18.7. The van der Waals surface area contributed by atoms with Crippen LogP contribution in [0.4, 0.5) is 5.69 Å². The number of aryl methyl sites for hydroxylation is 1. The minimum Gasteiger partial charge on any atom is -0.473 e. The number of ether oxygens (including phenoxy) is 3. The molecule has 272 valence electrons. The monoisotopic (exact) mass is 701 g/mol. The number of nitrogens with zero attached hydrogens (tertiary/aromatic N) is 5. The third-order valence-electron chi connectivity index (χ3n) is 10.2. The number of carbonyl (C=O) groups excluding carboxylic acids is 1. The van der Waals surface area contributed by atoms with Gasteiger partial charge in [0.15, 0.2) is 0 Å². The quantitative estimate of drug-likeness (QED) is 0.128. The molecule has 2 aliphatic rings. The SMILES string of the molecule is Cn1nc(-c2ccc(OCc3ccccc3)nc2OCc2ccccc2)c2ccc(N3CCN(C[C@H]4CC[C@H](C(=O)OC(C)(C)C)CC4)CC3)cc21. The van der Waals surface area contributed by atoms with Crippen LogP contribution in [0.15, 0.2) is 91.0 Å². The standard InChI is InChI=1S/C43H51N5O4/c1-43(2,3)52-42(49)34-17-15-31(16-18-34)28-47-23-25-48(26-24-47)35-19-20-36-38(27-35)46(4)45-40(36)37-21-22-39(50-29-32-11-7-5-8-12-32)44-41(37)51-30-33-13-9-6-10-14-33/h5-14,19-22,27,31,34H,15-18,23-26,28-30H2,1-4H3/t31-,34-. The van der Waals surface area contributed by atoms with Gasteiger partial charge in [0, 0.05) is 56.9 Å². The Labute approximate surface area is 307 Å². The number of hydrogen-bond donors (Lipinski definition) is 0. The zero-order valence-electron chi connectivity index (χ0n) is 31.0. The van der Waals surface area contributed by atoms with Gasteiger partial charge in [-0.3, -0.25) is 14.4 Å². The molecule has 1 aliphatic heterocycles. The summed E-state index contributed by atoms with van der Waals surface area (Å²) < 4.78 is 20.1. The summed E-state index contributed by atoms with van der Waals surface area (Å²) in [6.07, 6.45) is 4.08. The Morgan fingerprint density at radius 1 is 0.788 bits per heavy atom. The highest BCUT2D eigenvalue weighted by Gasteiger charge is 2.31. The molecule has 3 heterocycles. The first-order valence-corrected chi connectivity index (χ1v) is 18.7. The van der Waals surface area contributed by atoms with Crippen molar-refractivity contribution < 1.29 is 19.0 Å². The van der Waals surface area contributed by atoms with E-state index in [2.05, 4.69) is 28.0 Å². The summed E-state index contributed by atoms with van der Waals surface area (Å²) >= 11 is 0. The van der Waals surface area contributed by atoms with Gasteiger partial charge < -0.3 is 19.1 Å². The maximum atomic E-state index is 12.6. The van der Waals surface area contributed by atoms with Gasteiger partial charge in [0.25, 0.3) is 0 Å². The van der Waals surface area contributed by atoms with Crippen molar-refractivity contribution in [3.8, 4) is 23.0 Å². The molecule has 5 aromatic rings. The van der Waals surface area contributed by atoms with E-state index >= 15 is 0 Å². The molecule has 9 heteroatoms. The average molecular weight is 702 g/mol. The number of pyridine rings is 1. The molecule has 7 rings (SSSR count). The Balaban J connectivity index is 1.01. The molecule has 2 fully saturated rings. The van der Waals surface area contributed by atoms with Gasteiger partial charge in [0.1, 0.15) is 24.5 Å². The fraction of sp³-hybridized carbons (Fsp3) is 0.419. The highest BCUT2D eigenvalue weighted by Crippen LogP contribution is 2.37. The molecule has 9 nitrogen and oxygen atoms in total. The van der Waals surface area contributed by atoms with Crippen LogP contribution in [-0.4, -0.2) is 64.0 Å². The molecule has 0 bridgehead atoms. The molecular weight excluding hydrogens is 651 g/mol. The predicted octanol–water partition coefficient (Wildman–Crippen LogP) is 8.06. The van der Waals surface area contributed by atoms with Crippen LogP contribution in [0, 0.1) is 11.8 Å². The third kappa shape index (κ3) is 8.76. The molecule has 1 aliphatic carbocycles. The maximum Gasteiger partial charge on any atom is 0.309 e. The number of benzene rings is 3. The van der Waals surface area contributed by atoms with Gasteiger partial charge >= 0.3 is 5.97 Å². The van der Waals surface area contributed by atoms with E-state index in [0.717, 1.165) is 91.7 Å². The van der Waals surface area contributed by atoms with E-state index in [-0.39, 0.29) is 11.9 Å². The Morgan fingerprint density at radius 2 is 1.44 bits per heavy atom. The number of esters is 1. The van der Waals surface area contributed by atoms with E-state index < -0.39 is 5.60 Å². The van der Waals surface area contributed by atoms with Crippen molar-refractivity contribution in [2.75, 3.05) is 37.6 Å². The maximum absolute atomic E-state index is 12.6. The molecule has 0 atom stereocenters. The van der Waals surface area contributed by atoms with Crippen LogP contribution < -0.4 is 14.4 Å². The summed E-state index contributed by atoms with van der Waals surface area (Å²) in [6.45, 7) is 11.8. The van der Waals surface area contributed by atoms with Crippen LogP contribution in [0.1, 0.15) is 57.6 Å². The first kappa shape index (κ1) is 35.5. The fourth-order valence-electron chi connectivity index (χ4n) is 7.41. The lowest BCUT2D eigenvalue weighted by atomic mass is 9.81. The van der Waals surface area contributed by atoms with Gasteiger partial charge in [-0.05, 0) is 87.8 Å². The largest absolute Gasteiger partial charge is 0.473 e. The second-order valence-electron chi connectivity index (χ2n) is 15.3. The zero-order chi connectivity index (χ0) is 36.1. The molecule has 0 radical (unpaired) electrons. The average Bonchev–Trinajstić information content (AvgIpc) is 3.49. The molecule has 0 unspecified atom stereocenters. The van der Waals surface area contributed by atoms with E-state index in [9.17, 15) is 4.79 Å². The van der Waals surface area contributed by atoms with Gasteiger partial charge in [-0.25, -0.2) is 0 Å². The van der Waals surface area contributed by atoms with E-state index in [1.165, 1.54) is 5.69 Å². The third-order valence-corrected chi connectivity index (χ3v) is 10.2. The lowest BCUT2D eigenvalue weighted by Gasteiger charge is -2.39. The number of fused-ring (bicyclic) bond motifs is 1. The number of hydrogen-bond acceptors (Lipinski definition) is 8. The van der Waals surface area contributed by atoms with Crippen LogP contribution in [-0.2, 0) is 29.8 Å². The Bertz CT molecular complexity index is 1940. The highest BCUT2D eigenvalue weighted by atomic mass is 16.6. The molecule has 0 N–H and O–H groups in total. The molecule has 0 amide bonds. The number of anilines is 1. The Kier molecular flexibility index (Phi) is 10.8. The van der Waals surface area contributed by atoms with Crippen molar-refractivity contribution in [1.29, 1.82) is 0 Å². The van der Waals surface area contributed by atoms with E-state index in [0.29, 0.717) is 30.9 Å². The predicted molar refractivity (Wildman–Crippen MR) is 205 cm³/mol. The topological polar surface area (TPSA) is 82.0 Å². The number of piperazine rings is 1. The van der Waals surface area contributed by atoms with E-state index in [1.807, 2.05) is 105 Å². The summed E-state index contributed by atoms with van der Waals surface area (Å²) in [5.74, 6) is 1.68. The molecular formula is C43H51N5O4. The fourth-order valence-corrected chi connectivity index (χ4v) is 7.41. The van der Waals surface area contributed by atoms with Crippen LogP contribution in [0.5, 0.6) is 11.8 Å². The summed E-state index contributed by atoms with van der Waals surface area (Å²) in [5, 5.41) is 6.05. The first-order chi connectivity index (χ1) is 25.2. The van der Waals surface area contributed by atoms with Crippen molar-refractivity contribution >= 4 is 22.6 Å². The molecule has 1 saturated carbocycles. The molecule has 52 heavy (non-hydrogen) atoms. The lowest BCUT2D eigenvalue weighted by Crippen LogP contribution is -2.48. The summed E-state index contributed by atoms with van der Waals surface area (Å²) in [7, 11) is 2.00. The summed E-state index contributed by atoms with van der Waals surface area (Å²) in [5.41, 5.74) is 5.66. The van der Waals surface area contributed by atoms with Gasteiger partial charge in [-0.15, -0.1) is 0 Å². The molecule has 0 spiro atoms. The van der Waals surface area contributed by atoms with Gasteiger partial charge in [-0.1, -0.05) is 60.7 Å². The number of aromatic nitrogens is 3. The van der Waals surface area contributed by atoms with Crippen molar-refractivity contribution in [2.24, 2.45) is 18.9 Å². The minimum absolute atomic E-state index is 0.0207. The van der Waals surface area contributed by atoms with Crippen molar-refractivity contribution in [2.45, 2.75) is 65.3 Å². The minimum atomic E-state index is -0.416. The van der Waals surface area contributed by atoms with Gasteiger partial charge in [0.2, 0.25) is 11.8 Å². The molecule has 1 saturated heterocycles. The van der Waals surface area contributed by atoms with Gasteiger partial charge in [0.05, 0.1) is 17.0 Å². The van der Waals surface area contributed by atoms with Crippen molar-refractivity contribution in [3.63, 3.8) is 0 Å². The lowest BCUT2D eigenvalue weighted by molar-refractivity contribution is -0.161. The van der Waals surface area contributed by atoms with Gasteiger partial charge in [-0.2, -0.15) is 10.1 Å². The van der Waals surface area contributed by atoms with Crippen molar-refractivity contribution in [1.82, 2.24) is 19.7 Å². The van der Waals surface area contributed by atoms with E-state index in [4.69, 9.17) is 24.3 Å². The Morgan fingerprint density at radius 3 is 2.10 bits per heavy atom. The number of rotatable bonds is 11. The normalized spacial score (nSPS) is 18.3. The highest BCUT2D eigenvalue weighted by molar-refractivity contribution is 5.96. The van der Waals surface area contributed by atoms with Crippen LogP contribution in [0.2, 0.25) is 0 Å². The zero-order valence-corrected chi connectivity index (χ0v) is 31.0. The second kappa shape index (κ2) is 15.8. The smallest absolute Gasteiger partial charge is 0.309 e. The van der Waals surface area contributed by atoms with Crippen LogP contribution in [0.25, 0.3) is 22.2 Å². The van der Waals surface area contributed by atoms with E-state index in [1.54, 1.807) is 0 Å². The van der Waals surface area contributed by atoms with Crippen LogP contribution in [0.3, 0.4) is 0 Å². The molecule has 2 aromatic heterocycles. The summed E-state index contributed by atoms with van der Waals surface area (Å²) in [4.78, 5) is 22.5. The van der Waals surface area contributed by atoms with Crippen molar-refractivity contribution in [3.05, 3.63) is 102 Å². The molecule has 3 aromatic carbocycles.